The molecule has 1 unspecified atom stereocenters. The van der Waals surface area contributed by atoms with Crippen molar-refractivity contribution < 1.29 is 4.79 Å². The van der Waals surface area contributed by atoms with E-state index in [2.05, 4.69) is 48.7 Å². The van der Waals surface area contributed by atoms with Gasteiger partial charge in [-0.1, -0.05) is 43.4 Å². The first-order valence-corrected chi connectivity index (χ1v) is 7.12. The Balaban J connectivity index is 2.35. The largest absolute Gasteiger partial charge is 0.305 e. The number of halogens is 1. The average Bonchev–Trinajstić information content (AvgIpc) is 2.51. The summed E-state index contributed by atoms with van der Waals surface area (Å²) >= 11 is 2.43. The topological polar surface area (TPSA) is 29.1 Å². The molecule has 3 atom stereocenters. The number of Topliss-reactive ketones (excluding diaryl/α,β-unsaturated/α-hetero) is 1. The first-order valence-electron chi connectivity index (χ1n) is 5.87. The molecule has 2 fully saturated rings. The number of carbonyl (C=O) groups excluding carboxylic acids is 1. The highest BCUT2D eigenvalue weighted by molar-refractivity contribution is 14.1. The molecule has 0 radical (unpaired) electrons. The van der Waals surface area contributed by atoms with Gasteiger partial charge in [-0.05, 0) is 30.7 Å². The summed E-state index contributed by atoms with van der Waals surface area (Å²) in [5, 5.41) is 3.46. The molecule has 2 aliphatic carbocycles. The van der Waals surface area contributed by atoms with Gasteiger partial charge in [-0.2, -0.15) is 0 Å². The molecule has 3 heteroatoms. The van der Waals surface area contributed by atoms with E-state index < -0.39 is 0 Å². The zero-order valence-electron chi connectivity index (χ0n) is 9.77. The number of fused-ring (bicyclic) bond motifs is 2. The number of ketones is 1. The summed E-state index contributed by atoms with van der Waals surface area (Å²) in [6.45, 7) is 7.64. The van der Waals surface area contributed by atoms with Crippen LogP contribution in [0, 0.1) is 16.7 Å². The number of nitrogens with one attached hydrogen (secondary N) is 1. The summed E-state index contributed by atoms with van der Waals surface area (Å²) in [5.41, 5.74) is 0.104. The van der Waals surface area contributed by atoms with E-state index in [0.29, 0.717) is 15.7 Å². The Morgan fingerprint density at radius 1 is 1.60 bits per heavy atom. The minimum atomic E-state index is -0.0891. The first kappa shape index (κ1) is 11.8. The molecule has 0 aromatic rings. The highest BCUT2D eigenvalue weighted by Gasteiger charge is 2.66. The lowest BCUT2D eigenvalue weighted by molar-refractivity contribution is -0.129. The molecule has 2 rings (SSSR count). The van der Waals surface area contributed by atoms with Crippen molar-refractivity contribution in [1.29, 1.82) is 0 Å². The van der Waals surface area contributed by atoms with E-state index in [-0.39, 0.29) is 10.8 Å². The molecule has 0 saturated heterocycles. The molecule has 15 heavy (non-hydrogen) atoms. The third-order valence-electron chi connectivity index (χ3n) is 4.80. The van der Waals surface area contributed by atoms with E-state index in [1.807, 2.05) is 0 Å². The molecule has 0 heterocycles. The Morgan fingerprint density at radius 3 is 2.67 bits per heavy atom. The number of alkyl halides is 1. The molecule has 86 valence electrons. The van der Waals surface area contributed by atoms with E-state index in [0.717, 1.165) is 19.4 Å². The predicted octanol–water partition coefficient (Wildman–Crippen LogP) is 2.75. The fourth-order valence-electron chi connectivity index (χ4n) is 3.66. The fraction of sp³-hybridized carbons (Fsp3) is 0.917. The Bertz CT molecular complexity index is 289. The van der Waals surface area contributed by atoms with E-state index in [1.54, 1.807) is 0 Å². The molecule has 0 aromatic carbocycles. The molecule has 0 spiro atoms. The maximum absolute atomic E-state index is 12.2. The van der Waals surface area contributed by atoms with Crippen molar-refractivity contribution in [2.45, 2.75) is 44.1 Å². The lowest BCUT2D eigenvalue weighted by Crippen LogP contribution is -2.49. The van der Waals surface area contributed by atoms with Crippen LogP contribution in [0.4, 0.5) is 0 Å². The van der Waals surface area contributed by atoms with Gasteiger partial charge in [0.2, 0.25) is 0 Å². The average molecular weight is 321 g/mol. The molecule has 2 aliphatic rings. The van der Waals surface area contributed by atoms with E-state index in [9.17, 15) is 4.79 Å². The van der Waals surface area contributed by atoms with Gasteiger partial charge in [-0.15, -0.1) is 0 Å². The van der Waals surface area contributed by atoms with Crippen molar-refractivity contribution in [1.82, 2.24) is 5.32 Å². The molecule has 2 bridgehead atoms. The lowest BCUT2D eigenvalue weighted by Gasteiger charge is -2.40. The summed E-state index contributed by atoms with van der Waals surface area (Å²) < 4.78 is 0.301. The third kappa shape index (κ3) is 1.35. The Hall–Kier alpha value is 0.360. The van der Waals surface area contributed by atoms with E-state index in [4.69, 9.17) is 0 Å². The second kappa shape index (κ2) is 3.69. The van der Waals surface area contributed by atoms with Crippen LogP contribution < -0.4 is 5.32 Å². The molecular weight excluding hydrogens is 301 g/mol. The van der Waals surface area contributed by atoms with Crippen LogP contribution in [0.1, 0.15) is 40.0 Å². The number of hydrogen-bond acceptors (Lipinski definition) is 2. The Kier molecular flexibility index (Phi) is 2.91. The van der Waals surface area contributed by atoms with Crippen LogP contribution in [0.25, 0.3) is 0 Å². The van der Waals surface area contributed by atoms with Crippen LogP contribution in [-0.2, 0) is 4.79 Å². The van der Waals surface area contributed by atoms with Gasteiger partial charge >= 0.3 is 0 Å². The molecule has 0 aromatic heterocycles. The highest BCUT2D eigenvalue weighted by atomic mass is 127. The van der Waals surface area contributed by atoms with Gasteiger partial charge in [0.25, 0.3) is 0 Å². The van der Waals surface area contributed by atoms with Gasteiger partial charge in [-0.25, -0.2) is 0 Å². The van der Waals surface area contributed by atoms with Crippen LogP contribution in [0.2, 0.25) is 0 Å². The van der Waals surface area contributed by atoms with Gasteiger partial charge in [0.1, 0.15) is 5.78 Å². The zero-order chi connectivity index (χ0) is 11.3. The van der Waals surface area contributed by atoms with Crippen molar-refractivity contribution in [3.63, 3.8) is 0 Å². The van der Waals surface area contributed by atoms with E-state index >= 15 is 0 Å². The van der Waals surface area contributed by atoms with Crippen LogP contribution in [-0.4, -0.2) is 16.4 Å². The molecule has 2 nitrogen and oxygen atoms in total. The SMILES string of the molecule is CCNC(I)[C@]12CC[C@H](CC1=O)C2(C)C. The lowest BCUT2D eigenvalue weighted by atomic mass is 9.69. The normalized spacial score (nSPS) is 39.7. The monoisotopic (exact) mass is 321 g/mol. The second-order valence-corrected chi connectivity index (χ2v) is 6.72. The third-order valence-corrected chi connectivity index (χ3v) is 6.31. The first-order chi connectivity index (χ1) is 6.96. The standard InChI is InChI=1S/C12H20INO/c1-4-14-10(13)12-6-5-8(7-9(12)15)11(12,2)3/h8,10,14H,4-7H2,1-3H3/t8-,10?,12+/m1/s1. The smallest absolute Gasteiger partial charge is 0.142 e. The second-order valence-electron chi connectivity index (χ2n) is 5.48. The number of carbonyl (C=O) groups is 1. The van der Waals surface area contributed by atoms with Gasteiger partial charge < -0.3 is 5.32 Å². The predicted molar refractivity (Wildman–Crippen MR) is 70.0 cm³/mol. The fourth-order valence-corrected chi connectivity index (χ4v) is 5.56. The van der Waals surface area contributed by atoms with Crippen molar-refractivity contribution in [2.24, 2.45) is 16.7 Å². The summed E-state index contributed by atoms with van der Waals surface area (Å²) in [7, 11) is 0. The van der Waals surface area contributed by atoms with Crippen LogP contribution in [0.15, 0.2) is 0 Å². The van der Waals surface area contributed by atoms with Crippen molar-refractivity contribution in [2.75, 3.05) is 6.54 Å². The summed E-state index contributed by atoms with van der Waals surface area (Å²) in [6.07, 6.45) is 3.14. The summed E-state index contributed by atoms with van der Waals surface area (Å²) in [5.74, 6) is 1.13. The molecular formula is C12H20INO. The summed E-state index contributed by atoms with van der Waals surface area (Å²) in [4.78, 5) is 12.2. The van der Waals surface area contributed by atoms with Crippen LogP contribution in [0.3, 0.4) is 0 Å². The molecule has 0 amide bonds. The van der Waals surface area contributed by atoms with Gasteiger partial charge in [0, 0.05) is 6.42 Å². The van der Waals surface area contributed by atoms with Gasteiger partial charge in [0.15, 0.2) is 0 Å². The number of rotatable bonds is 3. The maximum atomic E-state index is 12.2. The van der Waals surface area contributed by atoms with Crippen molar-refractivity contribution in [3.8, 4) is 0 Å². The Morgan fingerprint density at radius 2 is 2.27 bits per heavy atom. The Labute approximate surface area is 106 Å². The quantitative estimate of drug-likeness (QED) is 0.492. The molecule has 2 saturated carbocycles. The van der Waals surface area contributed by atoms with Gasteiger partial charge in [-0.3, -0.25) is 4.79 Å². The van der Waals surface area contributed by atoms with E-state index in [1.165, 1.54) is 6.42 Å². The molecule has 0 aliphatic heterocycles. The van der Waals surface area contributed by atoms with Crippen LogP contribution >= 0.6 is 22.6 Å². The molecule has 1 N–H and O–H groups in total. The van der Waals surface area contributed by atoms with Crippen molar-refractivity contribution in [3.05, 3.63) is 0 Å². The number of hydrogen-bond donors (Lipinski definition) is 1. The summed E-state index contributed by atoms with van der Waals surface area (Å²) in [6, 6.07) is 0. The van der Waals surface area contributed by atoms with Gasteiger partial charge in [0.05, 0.1) is 9.46 Å². The maximum Gasteiger partial charge on any atom is 0.142 e. The van der Waals surface area contributed by atoms with Crippen LogP contribution in [0.5, 0.6) is 0 Å². The highest BCUT2D eigenvalue weighted by Crippen LogP contribution is 2.66. The minimum absolute atomic E-state index is 0.0891. The zero-order valence-corrected chi connectivity index (χ0v) is 11.9. The minimum Gasteiger partial charge on any atom is -0.305 e. The van der Waals surface area contributed by atoms with Crippen molar-refractivity contribution >= 4 is 28.4 Å².